The van der Waals surface area contributed by atoms with Crippen molar-refractivity contribution in [1.29, 1.82) is 0 Å². The SMILES string of the molecule is CCCC(CNC(C)(C)C)Cc1ncc(C)c(OC)c1C. The fourth-order valence-corrected chi connectivity index (χ4v) is 2.69. The molecule has 120 valence electrons. The van der Waals surface area contributed by atoms with Gasteiger partial charge in [-0.25, -0.2) is 0 Å². The van der Waals surface area contributed by atoms with Crippen LogP contribution < -0.4 is 10.1 Å². The van der Waals surface area contributed by atoms with E-state index in [2.05, 4.69) is 44.9 Å². The molecular weight excluding hydrogens is 260 g/mol. The molecule has 1 unspecified atom stereocenters. The normalized spacial score (nSPS) is 13.3. The number of ether oxygens (including phenoxy) is 1. The second-order valence-corrected chi connectivity index (χ2v) is 7.04. The predicted molar refractivity (Wildman–Crippen MR) is 90.1 cm³/mol. The van der Waals surface area contributed by atoms with Gasteiger partial charge in [0.15, 0.2) is 0 Å². The first-order valence-electron chi connectivity index (χ1n) is 8.02. The summed E-state index contributed by atoms with van der Waals surface area (Å²) in [5, 5.41) is 3.63. The molecule has 0 aromatic carbocycles. The molecule has 0 fully saturated rings. The molecule has 0 saturated heterocycles. The zero-order valence-corrected chi connectivity index (χ0v) is 14.8. The minimum Gasteiger partial charge on any atom is -0.496 e. The van der Waals surface area contributed by atoms with Crippen molar-refractivity contribution in [2.24, 2.45) is 5.92 Å². The number of rotatable bonds is 7. The first-order chi connectivity index (χ1) is 9.78. The van der Waals surface area contributed by atoms with Gasteiger partial charge in [-0.15, -0.1) is 0 Å². The van der Waals surface area contributed by atoms with Gasteiger partial charge in [0.1, 0.15) is 5.75 Å². The highest BCUT2D eigenvalue weighted by atomic mass is 16.5. The number of aryl methyl sites for hydroxylation is 1. The monoisotopic (exact) mass is 292 g/mol. The van der Waals surface area contributed by atoms with E-state index in [1.807, 2.05) is 13.1 Å². The summed E-state index contributed by atoms with van der Waals surface area (Å²) in [4.78, 5) is 4.65. The summed E-state index contributed by atoms with van der Waals surface area (Å²) in [6.07, 6.45) is 5.37. The lowest BCUT2D eigenvalue weighted by atomic mass is 9.94. The molecule has 0 aliphatic heterocycles. The van der Waals surface area contributed by atoms with Gasteiger partial charge in [0.25, 0.3) is 0 Å². The maximum atomic E-state index is 5.52. The Hall–Kier alpha value is -1.09. The van der Waals surface area contributed by atoms with Crippen molar-refractivity contribution in [3.63, 3.8) is 0 Å². The van der Waals surface area contributed by atoms with Crippen molar-refractivity contribution in [2.75, 3.05) is 13.7 Å². The molecule has 0 aliphatic rings. The van der Waals surface area contributed by atoms with Crippen LogP contribution in [-0.4, -0.2) is 24.2 Å². The Morgan fingerprint density at radius 1 is 1.29 bits per heavy atom. The predicted octanol–water partition coefficient (Wildman–Crippen LogP) is 4.05. The molecule has 1 aromatic rings. The van der Waals surface area contributed by atoms with Crippen LogP contribution in [0.15, 0.2) is 6.20 Å². The quantitative estimate of drug-likeness (QED) is 0.823. The lowest BCUT2D eigenvalue weighted by Gasteiger charge is -2.25. The van der Waals surface area contributed by atoms with Crippen molar-refractivity contribution in [3.8, 4) is 5.75 Å². The first-order valence-corrected chi connectivity index (χ1v) is 8.02. The van der Waals surface area contributed by atoms with Gasteiger partial charge in [-0.2, -0.15) is 0 Å². The summed E-state index contributed by atoms with van der Waals surface area (Å²) in [5.41, 5.74) is 3.64. The number of aromatic nitrogens is 1. The minimum absolute atomic E-state index is 0.166. The molecule has 0 spiro atoms. The summed E-state index contributed by atoms with van der Waals surface area (Å²) in [5.74, 6) is 1.60. The standard InChI is InChI=1S/C18H32N2O/c1-8-9-15(12-20-18(4,5)6)10-16-14(3)17(21-7)13(2)11-19-16/h11,15,20H,8-10,12H2,1-7H3. The van der Waals surface area contributed by atoms with Gasteiger partial charge in [0, 0.05) is 28.6 Å². The van der Waals surface area contributed by atoms with Gasteiger partial charge in [0.05, 0.1) is 7.11 Å². The third-order valence-electron chi connectivity index (χ3n) is 3.85. The maximum absolute atomic E-state index is 5.52. The molecule has 1 atom stereocenters. The van der Waals surface area contributed by atoms with Crippen LogP contribution in [-0.2, 0) is 6.42 Å². The van der Waals surface area contributed by atoms with Gasteiger partial charge in [-0.1, -0.05) is 13.3 Å². The number of hydrogen-bond acceptors (Lipinski definition) is 3. The van der Waals surface area contributed by atoms with Crippen LogP contribution in [0.25, 0.3) is 0 Å². The molecule has 1 rings (SSSR count). The van der Waals surface area contributed by atoms with E-state index < -0.39 is 0 Å². The van der Waals surface area contributed by atoms with Crippen LogP contribution in [0.2, 0.25) is 0 Å². The van der Waals surface area contributed by atoms with Crippen LogP contribution in [0.5, 0.6) is 5.75 Å². The zero-order chi connectivity index (χ0) is 16.0. The van der Waals surface area contributed by atoms with Crippen LogP contribution in [0.3, 0.4) is 0 Å². The van der Waals surface area contributed by atoms with Crippen molar-refractivity contribution in [1.82, 2.24) is 10.3 Å². The average molecular weight is 292 g/mol. The summed E-state index contributed by atoms with van der Waals surface area (Å²) in [7, 11) is 1.74. The van der Waals surface area contributed by atoms with Gasteiger partial charge < -0.3 is 10.1 Å². The van der Waals surface area contributed by atoms with E-state index in [9.17, 15) is 0 Å². The molecule has 21 heavy (non-hydrogen) atoms. The fourth-order valence-electron chi connectivity index (χ4n) is 2.69. The topological polar surface area (TPSA) is 34.2 Å². The fraction of sp³-hybridized carbons (Fsp3) is 0.722. The van der Waals surface area contributed by atoms with E-state index in [-0.39, 0.29) is 5.54 Å². The second-order valence-electron chi connectivity index (χ2n) is 7.04. The van der Waals surface area contributed by atoms with Crippen LogP contribution >= 0.6 is 0 Å². The first kappa shape index (κ1) is 18.0. The largest absolute Gasteiger partial charge is 0.496 e. The Labute approximate surface area is 130 Å². The summed E-state index contributed by atoms with van der Waals surface area (Å²) >= 11 is 0. The van der Waals surface area contributed by atoms with Crippen molar-refractivity contribution in [3.05, 3.63) is 23.0 Å². The Balaban J connectivity index is 2.84. The summed E-state index contributed by atoms with van der Waals surface area (Å²) in [6, 6.07) is 0. The number of methoxy groups -OCH3 is 1. The van der Waals surface area contributed by atoms with Crippen LogP contribution in [0.1, 0.15) is 57.4 Å². The molecule has 1 aromatic heterocycles. The van der Waals surface area contributed by atoms with E-state index in [0.717, 1.165) is 24.3 Å². The van der Waals surface area contributed by atoms with E-state index in [0.29, 0.717) is 5.92 Å². The van der Waals surface area contributed by atoms with Crippen LogP contribution in [0.4, 0.5) is 0 Å². The van der Waals surface area contributed by atoms with E-state index >= 15 is 0 Å². The van der Waals surface area contributed by atoms with E-state index in [4.69, 9.17) is 4.74 Å². The number of hydrogen-bond donors (Lipinski definition) is 1. The number of nitrogens with zero attached hydrogens (tertiary/aromatic N) is 1. The molecule has 0 radical (unpaired) electrons. The highest BCUT2D eigenvalue weighted by Gasteiger charge is 2.17. The second kappa shape index (κ2) is 7.79. The molecular formula is C18H32N2O. The molecule has 0 bridgehead atoms. The lowest BCUT2D eigenvalue weighted by molar-refractivity contribution is 0.352. The molecule has 3 nitrogen and oxygen atoms in total. The van der Waals surface area contributed by atoms with Gasteiger partial charge >= 0.3 is 0 Å². The highest BCUT2D eigenvalue weighted by molar-refractivity contribution is 5.41. The van der Waals surface area contributed by atoms with Crippen molar-refractivity contribution in [2.45, 2.75) is 66.3 Å². The smallest absolute Gasteiger partial charge is 0.128 e. The van der Waals surface area contributed by atoms with E-state index in [1.54, 1.807) is 7.11 Å². The van der Waals surface area contributed by atoms with Gasteiger partial charge in [-0.3, -0.25) is 4.98 Å². The maximum Gasteiger partial charge on any atom is 0.128 e. The van der Waals surface area contributed by atoms with Gasteiger partial charge in [0.2, 0.25) is 0 Å². The third-order valence-corrected chi connectivity index (χ3v) is 3.85. The number of nitrogens with one attached hydrogen (secondary N) is 1. The summed E-state index contributed by atoms with van der Waals surface area (Å²) < 4.78 is 5.52. The molecule has 0 amide bonds. The molecule has 0 saturated carbocycles. The lowest BCUT2D eigenvalue weighted by Crippen LogP contribution is -2.39. The molecule has 3 heteroatoms. The van der Waals surface area contributed by atoms with Gasteiger partial charge in [-0.05, 0) is 59.9 Å². The Kier molecular flexibility index (Phi) is 6.66. The average Bonchev–Trinajstić information content (AvgIpc) is 2.39. The number of pyridine rings is 1. The Morgan fingerprint density at radius 2 is 1.95 bits per heavy atom. The van der Waals surface area contributed by atoms with Crippen molar-refractivity contribution >= 4 is 0 Å². The molecule has 0 aliphatic carbocycles. The molecule has 1 N–H and O–H groups in total. The highest BCUT2D eigenvalue weighted by Crippen LogP contribution is 2.26. The van der Waals surface area contributed by atoms with Crippen molar-refractivity contribution < 1.29 is 4.74 Å². The van der Waals surface area contributed by atoms with E-state index in [1.165, 1.54) is 24.1 Å². The Morgan fingerprint density at radius 3 is 2.48 bits per heavy atom. The third kappa shape index (κ3) is 5.66. The van der Waals surface area contributed by atoms with Crippen LogP contribution in [0, 0.1) is 19.8 Å². The Bertz CT molecular complexity index is 449. The minimum atomic E-state index is 0.166. The zero-order valence-electron chi connectivity index (χ0n) is 14.8. The summed E-state index contributed by atoms with van der Waals surface area (Å²) in [6.45, 7) is 14.1. The molecule has 1 heterocycles.